The van der Waals surface area contributed by atoms with E-state index in [1.807, 2.05) is 62.4 Å². The molecular formula is C21H23NO4. The van der Waals surface area contributed by atoms with Crippen molar-refractivity contribution in [2.45, 2.75) is 39.2 Å². The minimum Gasteiger partial charge on any atom is -0.480 e. The van der Waals surface area contributed by atoms with Crippen LogP contribution in [0.4, 0.5) is 0 Å². The summed E-state index contributed by atoms with van der Waals surface area (Å²) in [5, 5.41) is 11.8. The van der Waals surface area contributed by atoms with Crippen LogP contribution in [0.5, 0.6) is 0 Å². The molecule has 0 spiro atoms. The van der Waals surface area contributed by atoms with Crippen molar-refractivity contribution in [2.75, 3.05) is 0 Å². The van der Waals surface area contributed by atoms with Gasteiger partial charge < -0.3 is 10.4 Å². The van der Waals surface area contributed by atoms with Crippen molar-refractivity contribution < 1.29 is 19.5 Å². The van der Waals surface area contributed by atoms with Gasteiger partial charge in [0.2, 0.25) is 5.91 Å². The zero-order chi connectivity index (χ0) is 19.1. The second-order valence-corrected chi connectivity index (χ2v) is 6.39. The molecule has 1 atom stereocenters. The Morgan fingerprint density at radius 2 is 1.69 bits per heavy atom. The van der Waals surface area contributed by atoms with Crippen LogP contribution in [0.3, 0.4) is 0 Å². The van der Waals surface area contributed by atoms with Crippen LogP contribution in [-0.2, 0) is 16.0 Å². The van der Waals surface area contributed by atoms with Gasteiger partial charge in [-0.3, -0.25) is 9.59 Å². The van der Waals surface area contributed by atoms with E-state index in [0.29, 0.717) is 5.56 Å². The number of benzene rings is 2. The Kier molecular flexibility index (Phi) is 6.67. The minimum atomic E-state index is -1.09. The molecule has 0 fully saturated rings. The molecule has 2 N–H and O–H groups in total. The first-order valence-electron chi connectivity index (χ1n) is 8.53. The van der Waals surface area contributed by atoms with Gasteiger partial charge in [-0.1, -0.05) is 48.0 Å². The van der Waals surface area contributed by atoms with E-state index in [-0.39, 0.29) is 25.0 Å². The lowest BCUT2D eigenvalue weighted by Crippen LogP contribution is -2.42. The summed E-state index contributed by atoms with van der Waals surface area (Å²) in [7, 11) is 0. The third-order valence-electron chi connectivity index (χ3n) is 4.19. The molecule has 0 heterocycles. The van der Waals surface area contributed by atoms with Gasteiger partial charge in [0.15, 0.2) is 5.78 Å². The van der Waals surface area contributed by atoms with Gasteiger partial charge in [-0.2, -0.15) is 0 Å². The van der Waals surface area contributed by atoms with Crippen molar-refractivity contribution in [1.29, 1.82) is 0 Å². The number of aliphatic carboxylic acids is 1. The van der Waals surface area contributed by atoms with Gasteiger partial charge in [-0.15, -0.1) is 0 Å². The van der Waals surface area contributed by atoms with Crippen molar-refractivity contribution in [1.82, 2.24) is 5.32 Å². The number of carbonyl (C=O) groups is 3. The molecule has 5 nitrogen and oxygen atoms in total. The maximum absolute atomic E-state index is 12.3. The normalized spacial score (nSPS) is 11.6. The maximum Gasteiger partial charge on any atom is 0.326 e. The highest BCUT2D eigenvalue weighted by atomic mass is 16.4. The molecule has 2 aromatic carbocycles. The average molecular weight is 353 g/mol. The zero-order valence-electron chi connectivity index (χ0n) is 15.0. The lowest BCUT2D eigenvalue weighted by Gasteiger charge is -2.14. The standard InChI is InChI=1S/C21H23NO4/c1-14-8-9-15(2)17(12-14)19(23)10-11-20(24)22-18(21(25)26)13-16-6-4-3-5-7-16/h3-9,12,18H,10-11,13H2,1-2H3,(H,22,24)(H,25,26)/t18-/m1/s1. The number of Topliss-reactive ketones (excluding diaryl/α,β-unsaturated/α-hetero) is 1. The molecule has 0 aliphatic heterocycles. The molecule has 1 amide bonds. The number of rotatable bonds is 8. The van der Waals surface area contributed by atoms with Crippen LogP contribution in [0.15, 0.2) is 48.5 Å². The number of aryl methyl sites for hydroxylation is 2. The minimum absolute atomic E-state index is 0.0369. The van der Waals surface area contributed by atoms with Crippen LogP contribution in [0.25, 0.3) is 0 Å². The first-order chi connectivity index (χ1) is 12.4. The Labute approximate surface area is 153 Å². The van der Waals surface area contributed by atoms with Crippen LogP contribution in [0.1, 0.15) is 39.9 Å². The van der Waals surface area contributed by atoms with Crippen LogP contribution < -0.4 is 5.32 Å². The van der Waals surface area contributed by atoms with Gasteiger partial charge in [0.25, 0.3) is 0 Å². The van der Waals surface area contributed by atoms with Crippen molar-refractivity contribution >= 4 is 17.7 Å². The van der Waals surface area contributed by atoms with Gasteiger partial charge in [0, 0.05) is 24.8 Å². The zero-order valence-corrected chi connectivity index (χ0v) is 15.0. The largest absolute Gasteiger partial charge is 0.480 e. The van der Waals surface area contributed by atoms with Crippen molar-refractivity contribution in [3.63, 3.8) is 0 Å². The predicted molar refractivity (Wildman–Crippen MR) is 99.2 cm³/mol. The summed E-state index contributed by atoms with van der Waals surface area (Å²) in [6, 6.07) is 13.7. The SMILES string of the molecule is Cc1ccc(C)c(C(=O)CCC(=O)N[C@H](Cc2ccccc2)C(=O)O)c1. The Balaban J connectivity index is 1.92. The van der Waals surface area contributed by atoms with E-state index in [1.54, 1.807) is 0 Å². The van der Waals surface area contributed by atoms with E-state index in [2.05, 4.69) is 5.32 Å². The number of carboxylic acid groups (broad SMARTS) is 1. The first kappa shape index (κ1) is 19.4. The Morgan fingerprint density at radius 3 is 2.35 bits per heavy atom. The highest BCUT2D eigenvalue weighted by Crippen LogP contribution is 2.14. The van der Waals surface area contributed by atoms with E-state index >= 15 is 0 Å². The summed E-state index contributed by atoms with van der Waals surface area (Å²) in [4.78, 5) is 35.8. The predicted octanol–water partition coefficient (Wildman–Crippen LogP) is 3.08. The van der Waals surface area contributed by atoms with Crippen LogP contribution in [0.2, 0.25) is 0 Å². The third kappa shape index (κ3) is 5.55. The number of ketones is 1. The fourth-order valence-corrected chi connectivity index (χ4v) is 2.71. The average Bonchev–Trinajstić information content (AvgIpc) is 2.62. The van der Waals surface area contributed by atoms with Crippen LogP contribution >= 0.6 is 0 Å². The van der Waals surface area contributed by atoms with E-state index in [1.165, 1.54) is 0 Å². The molecule has 0 aliphatic rings. The lowest BCUT2D eigenvalue weighted by atomic mass is 9.99. The summed E-state index contributed by atoms with van der Waals surface area (Å²) in [6.45, 7) is 3.76. The third-order valence-corrected chi connectivity index (χ3v) is 4.19. The molecule has 0 saturated heterocycles. The van der Waals surface area contributed by atoms with E-state index < -0.39 is 17.9 Å². The fraction of sp³-hybridized carbons (Fsp3) is 0.286. The number of carboxylic acids is 1. The summed E-state index contributed by atoms with van der Waals surface area (Å²) in [5.74, 6) is -1.65. The molecule has 26 heavy (non-hydrogen) atoms. The van der Waals surface area contributed by atoms with Gasteiger partial charge in [0.05, 0.1) is 0 Å². The first-order valence-corrected chi connectivity index (χ1v) is 8.53. The molecule has 0 unspecified atom stereocenters. The van der Waals surface area contributed by atoms with E-state index in [4.69, 9.17) is 0 Å². The number of amides is 1. The molecule has 0 radical (unpaired) electrons. The fourth-order valence-electron chi connectivity index (χ4n) is 2.71. The lowest BCUT2D eigenvalue weighted by molar-refractivity contribution is -0.141. The van der Waals surface area contributed by atoms with Crippen molar-refractivity contribution in [2.24, 2.45) is 0 Å². The quantitative estimate of drug-likeness (QED) is 0.715. The molecule has 0 bridgehead atoms. The Bertz CT molecular complexity index is 799. The number of hydrogen-bond acceptors (Lipinski definition) is 3. The second kappa shape index (κ2) is 8.94. The summed E-state index contributed by atoms with van der Waals surface area (Å²) < 4.78 is 0. The molecule has 2 rings (SSSR count). The smallest absolute Gasteiger partial charge is 0.326 e. The van der Waals surface area contributed by atoms with Crippen LogP contribution in [-0.4, -0.2) is 28.8 Å². The highest BCUT2D eigenvalue weighted by molar-refractivity contribution is 5.99. The van der Waals surface area contributed by atoms with E-state index in [9.17, 15) is 19.5 Å². The van der Waals surface area contributed by atoms with Gasteiger partial charge in [0.1, 0.15) is 6.04 Å². The monoisotopic (exact) mass is 353 g/mol. The molecule has 2 aromatic rings. The van der Waals surface area contributed by atoms with Gasteiger partial charge >= 0.3 is 5.97 Å². The molecular weight excluding hydrogens is 330 g/mol. The second-order valence-electron chi connectivity index (χ2n) is 6.39. The summed E-state index contributed by atoms with van der Waals surface area (Å²) >= 11 is 0. The van der Waals surface area contributed by atoms with Crippen molar-refractivity contribution in [3.05, 3.63) is 70.8 Å². The van der Waals surface area contributed by atoms with Crippen LogP contribution in [0, 0.1) is 13.8 Å². The molecule has 0 aromatic heterocycles. The summed E-state index contributed by atoms with van der Waals surface area (Å²) in [6.07, 6.45) is 0.214. The number of carbonyl (C=O) groups excluding carboxylic acids is 2. The molecule has 0 saturated carbocycles. The maximum atomic E-state index is 12.3. The number of nitrogens with one attached hydrogen (secondary N) is 1. The Hall–Kier alpha value is -2.95. The van der Waals surface area contributed by atoms with Gasteiger partial charge in [-0.05, 0) is 31.0 Å². The Morgan fingerprint density at radius 1 is 1.00 bits per heavy atom. The van der Waals surface area contributed by atoms with Gasteiger partial charge in [-0.25, -0.2) is 4.79 Å². The van der Waals surface area contributed by atoms with Crippen molar-refractivity contribution in [3.8, 4) is 0 Å². The van der Waals surface area contributed by atoms with E-state index in [0.717, 1.165) is 16.7 Å². The highest BCUT2D eigenvalue weighted by Gasteiger charge is 2.21. The molecule has 5 heteroatoms. The summed E-state index contributed by atoms with van der Waals surface area (Å²) in [5.41, 5.74) is 3.29. The molecule has 136 valence electrons. The number of hydrogen-bond donors (Lipinski definition) is 2. The molecule has 0 aliphatic carbocycles. The topological polar surface area (TPSA) is 83.5 Å².